The molecule has 0 saturated heterocycles. The Kier molecular flexibility index (Phi) is 5.31. The van der Waals surface area contributed by atoms with Crippen LogP contribution in [0.1, 0.15) is 35.3 Å². The van der Waals surface area contributed by atoms with Crippen LogP contribution in [0.4, 0.5) is 11.4 Å². The molecule has 1 N–H and O–H groups in total. The number of benzene rings is 3. The van der Waals surface area contributed by atoms with Gasteiger partial charge in [0.1, 0.15) is 0 Å². The fourth-order valence-corrected chi connectivity index (χ4v) is 4.57. The molecule has 140 valence electrons. The van der Waals surface area contributed by atoms with Crippen molar-refractivity contribution in [3.8, 4) is 0 Å². The molecule has 4 heteroatoms. The molecule has 0 spiro atoms. The van der Waals surface area contributed by atoms with E-state index in [4.69, 9.17) is 4.99 Å². The Bertz CT molecular complexity index is 1040. The highest BCUT2D eigenvalue weighted by molar-refractivity contribution is 7.99. The number of carbonyl (C=O) groups is 1. The summed E-state index contributed by atoms with van der Waals surface area (Å²) in [4.78, 5) is 17.6. The summed E-state index contributed by atoms with van der Waals surface area (Å²) >= 11 is 1.87. The summed E-state index contributed by atoms with van der Waals surface area (Å²) in [6.07, 6.45) is 0.825. The van der Waals surface area contributed by atoms with Crippen LogP contribution in [-0.4, -0.2) is 11.6 Å². The van der Waals surface area contributed by atoms with E-state index < -0.39 is 0 Å². The first-order chi connectivity index (χ1) is 13.6. The van der Waals surface area contributed by atoms with Crippen LogP contribution in [0.25, 0.3) is 0 Å². The molecule has 1 atom stereocenters. The number of aryl methyl sites for hydroxylation is 1. The second-order valence-electron chi connectivity index (χ2n) is 7.01. The van der Waals surface area contributed by atoms with Crippen molar-refractivity contribution in [2.45, 2.75) is 30.4 Å². The zero-order chi connectivity index (χ0) is 19.5. The molecule has 0 aliphatic carbocycles. The molecular formula is C24H22N2OS. The fraction of sp³-hybridized carbons (Fsp3) is 0.167. The minimum absolute atomic E-state index is 0.0709. The number of nitrogens with zero attached hydrogens (tertiary/aromatic N) is 1. The van der Waals surface area contributed by atoms with Crippen molar-refractivity contribution in [3.05, 3.63) is 89.5 Å². The molecule has 28 heavy (non-hydrogen) atoms. The maximum Gasteiger partial charge on any atom is 0.221 e. The van der Waals surface area contributed by atoms with Crippen LogP contribution in [0.5, 0.6) is 0 Å². The summed E-state index contributed by atoms with van der Waals surface area (Å²) in [5.74, 6) is -0.0709. The van der Waals surface area contributed by atoms with E-state index in [1.165, 1.54) is 22.9 Å². The van der Waals surface area contributed by atoms with Gasteiger partial charge in [-0.1, -0.05) is 54.1 Å². The average Bonchev–Trinajstić information content (AvgIpc) is 2.88. The smallest absolute Gasteiger partial charge is 0.221 e. The summed E-state index contributed by atoms with van der Waals surface area (Å²) in [5, 5.41) is 3.15. The summed E-state index contributed by atoms with van der Waals surface area (Å²) in [7, 11) is 0. The van der Waals surface area contributed by atoms with Crippen molar-refractivity contribution in [2.75, 3.05) is 5.32 Å². The number of hydrogen-bond donors (Lipinski definition) is 1. The summed E-state index contributed by atoms with van der Waals surface area (Å²) in [6.45, 7) is 3.63. The van der Waals surface area contributed by atoms with Gasteiger partial charge in [0.05, 0.1) is 5.69 Å². The first-order valence-electron chi connectivity index (χ1n) is 9.36. The Morgan fingerprint density at radius 1 is 1.04 bits per heavy atom. The second kappa shape index (κ2) is 8.03. The SMILES string of the molecule is CC(=O)Nc1cccc(C2=Nc3ccccc3SC(c3ccc(C)cc3)C2)c1. The maximum atomic E-state index is 11.4. The van der Waals surface area contributed by atoms with Crippen LogP contribution in [0, 0.1) is 6.92 Å². The molecule has 3 aromatic rings. The number of amides is 1. The standard InChI is InChI=1S/C24H22N2OS/c1-16-10-12-18(13-11-16)24-15-22(26-21-8-3-4-9-23(21)28-24)19-6-5-7-20(14-19)25-17(2)27/h3-14,24H,15H2,1-2H3,(H,25,27). The Morgan fingerprint density at radius 3 is 2.61 bits per heavy atom. The Morgan fingerprint density at radius 2 is 1.82 bits per heavy atom. The molecule has 0 fully saturated rings. The minimum Gasteiger partial charge on any atom is -0.326 e. The molecule has 0 aromatic heterocycles. The van der Waals surface area contributed by atoms with Gasteiger partial charge in [-0.2, -0.15) is 0 Å². The van der Waals surface area contributed by atoms with E-state index in [2.05, 4.69) is 60.8 Å². The van der Waals surface area contributed by atoms with Gasteiger partial charge < -0.3 is 5.32 Å². The molecule has 1 aliphatic heterocycles. The third-order valence-corrected chi connectivity index (χ3v) is 6.06. The molecule has 1 amide bonds. The maximum absolute atomic E-state index is 11.4. The number of rotatable bonds is 3. The lowest BCUT2D eigenvalue weighted by Gasteiger charge is -2.17. The van der Waals surface area contributed by atoms with Crippen molar-refractivity contribution >= 4 is 34.8 Å². The van der Waals surface area contributed by atoms with Gasteiger partial charge in [0.25, 0.3) is 0 Å². The highest BCUT2D eigenvalue weighted by Gasteiger charge is 2.22. The summed E-state index contributed by atoms with van der Waals surface area (Å²) in [6, 6.07) is 25.0. The van der Waals surface area contributed by atoms with Crippen molar-refractivity contribution in [1.29, 1.82) is 0 Å². The topological polar surface area (TPSA) is 41.5 Å². The lowest BCUT2D eigenvalue weighted by molar-refractivity contribution is -0.114. The van der Waals surface area contributed by atoms with E-state index in [0.717, 1.165) is 29.1 Å². The highest BCUT2D eigenvalue weighted by Crippen LogP contribution is 2.45. The van der Waals surface area contributed by atoms with Gasteiger partial charge in [0.15, 0.2) is 0 Å². The Hall–Kier alpha value is -2.85. The van der Waals surface area contributed by atoms with E-state index in [9.17, 15) is 4.79 Å². The van der Waals surface area contributed by atoms with Crippen molar-refractivity contribution in [1.82, 2.24) is 0 Å². The van der Waals surface area contributed by atoms with E-state index >= 15 is 0 Å². The summed E-state index contributed by atoms with van der Waals surface area (Å²) in [5.41, 5.74) is 6.44. The molecule has 3 nitrogen and oxygen atoms in total. The van der Waals surface area contributed by atoms with Crippen molar-refractivity contribution < 1.29 is 4.79 Å². The summed E-state index contributed by atoms with van der Waals surface area (Å²) < 4.78 is 0. The van der Waals surface area contributed by atoms with Gasteiger partial charge in [-0.15, -0.1) is 11.8 Å². The van der Waals surface area contributed by atoms with Gasteiger partial charge in [-0.3, -0.25) is 9.79 Å². The highest BCUT2D eigenvalue weighted by atomic mass is 32.2. The predicted octanol–water partition coefficient (Wildman–Crippen LogP) is 6.31. The zero-order valence-electron chi connectivity index (χ0n) is 16.0. The molecule has 0 bridgehead atoms. The number of aliphatic imine (C=N–C) groups is 1. The van der Waals surface area contributed by atoms with E-state index in [0.29, 0.717) is 0 Å². The number of fused-ring (bicyclic) bond motifs is 1. The number of anilines is 1. The third kappa shape index (κ3) is 4.18. The minimum atomic E-state index is -0.0709. The van der Waals surface area contributed by atoms with Crippen LogP contribution in [0.3, 0.4) is 0 Å². The number of nitrogens with one attached hydrogen (secondary N) is 1. The van der Waals surface area contributed by atoms with Crippen LogP contribution in [0.15, 0.2) is 82.7 Å². The molecule has 1 unspecified atom stereocenters. The van der Waals surface area contributed by atoms with Gasteiger partial charge in [0.2, 0.25) is 5.91 Å². The van der Waals surface area contributed by atoms with Crippen LogP contribution < -0.4 is 5.32 Å². The number of para-hydroxylation sites is 1. The molecule has 0 radical (unpaired) electrons. The monoisotopic (exact) mass is 386 g/mol. The van der Waals surface area contributed by atoms with Gasteiger partial charge in [0, 0.05) is 34.9 Å². The van der Waals surface area contributed by atoms with Crippen LogP contribution in [0.2, 0.25) is 0 Å². The Labute approximate surface area is 169 Å². The van der Waals surface area contributed by atoms with Crippen LogP contribution in [-0.2, 0) is 4.79 Å². The van der Waals surface area contributed by atoms with Crippen molar-refractivity contribution in [3.63, 3.8) is 0 Å². The predicted molar refractivity (Wildman–Crippen MR) is 118 cm³/mol. The first kappa shape index (κ1) is 18.5. The lowest BCUT2D eigenvalue weighted by Crippen LogP contribution is -2.09. The normalized spacial score (nSPS) is 15.9. The van der Waals surface area contributed by atoms with Crippen LogP contribution >= 0.6 is 11.8 Å². The van der Waals surface area contributed by atoms with E-state index in [-0.39, 0.29) is 11.2 Å². The quantitative estimate of drug-likeness (QED) is 0.573. The number of hydrogen-bond acceptors (Lipinski definition) is 3. The molecular weight excluding hydrogens is 364 g/mol. The fourth-order valence-electron chi connectivity index (χ4n) is 3.34. The molecule has 3 aromatic carbocycles. The Balaban J connectivity index is 1.76. The van der Waals surface area contributed by atoms with Gasteiger partial charge >= 0.3 is 0 Å². The van der Waals surface area contributed by atoms with Crippen molar-refractivity contribution in [2.24, 2.45) is 4.99 Å². The van der Waals surface area contributed by atoms with E-state index in [1.54, 1.807) is 0 Å². The van der Waals surface area contributed by atoms with Gasteiger partial charge in [-0.25, -0.2) is 0 Å². The largest absolute Gasteiger partial charge is 0.326 e. The number of thioether (sulfide) groups is 1. The van der Waals surface area contributed by atoms with E-state index in [1.807, 2.05) is 36.0 Å². The van der Waals surface area contributed by atoms with Gasteiger partial charge in [-0.05, 0) is 42.3 Å². The molecule has 4 rings (SSSR count). The molecule has 1 heterocycles. The zero-order valence-corrected chi connectivity index (χ0v) is 16.8. The lowest BCUT2D eigenvalue weighted by atomic mass is 10.00. The second-order valence-corrected chi connectivity index (χ2v) is 8.25. The molecule has 0 saturated carbocycles. The number of carbonyl (C=O) groups excluding carboxylic acids is 1. The average molecular weight is 387 g/mol. The third-order valence-electron chi connectivity index (χ3n) is 4.73. The molecule has 1 aliphatic rings. The first-order valence-corrected chi connectivity index (χ1v) is 10.2.